The van der Waals surface area contributed by atoms with E-state index < -0.39 is 48.9 Å². The first-order valence-corrected chi connectivity index (χ1v) is 60.6. The summed E-state index contributed by atoms with van der Waals surface area (Å²) in [6.07, 6.45) is 21.0. The molecule has 4 aliphatic rings. The summed E-state index contributed by atoms with van der Waals surface area (Å²) in [5, 5.41) is 12.3. The van der Waals surface area contributed by atoms with Crippen LogP contribution in [0.15, 0.2) is 39.6 Å². The van der Waals surface area contributed by atoms with Crippen LogP contribution in [0, 0.1) is 23.7 Å². The molecule has 6 heterocycles. The number of nitrogens with zero attached hydrogens (tertiary/aromatic N) is 11. The molecule has 0 aromatic carbocycles. The number of rotatable bonds is 32. The van der Waals surface area contributed by atoms with Crippen molar-refractivity contribution in [3.63, 3.8) is 0 Å². The van der Waals surface area contributed by atoms with Crippen LogP contribution in [0.25, 0.3) is 32.2 Å². The number of anilines is 2. The maximum atomic E-state index is 6.54. The number of aromatic nitrogens is 8. The van der Waals surface area contributed by atoms with Crippen LogP contribution in [0.5, 0.6) is 0 Å². The van der Waals surface area contributed by atoms with Gasteiger partial charge in [-0.2, -0.15) is 19.2 Å². The zero-order valence-corrected chi connectivity index (χ0v) is 75.5. The fourth-order valence-corrected chi connectivity index (χ4v) is 20.8. The molecule has 4 bridgehead atoms. The third kappa shape index (κ3) is 23.9. The minimum absolute atomic E-state index is 0.154. The summed E-state index contributed by atoms with van der Waals surface area (Å²) >= 11 is 10.7. The summed E-state index contributed by atoms with van der Waals surface area (Å²) in [6.45, 7) is 57.6. The SMILES string of the molecule is CC(C)(C)[Si](C)(C)OCc1ncc(-c2cnn3c(N(COCC[Si](C)(C)C)COCC[Si](C)(C)C)c(Br)c(C4C[C@H]5CC[C@@H](C4)C5)nc23)s1.CC(C)(C)[Si](C)(C)OCc1ncc(-c2cnn3c(N(COCC[Si](C)(C)C)COCC[Si](C)(C)C)cc(C4C[C@H]5CC[C@@H](C4)C5)nc23)s1.[B]=NS. The zero-order valence-electron chi connectivity index (χ0n) is 65.4. The van der Waals surface area contributed by atoms with E-state index in [-0.39, 0.29) is 10.1 Å². The third-order valence-corrected chi connectivity index (χ3v) is 40.1. The van der Waals surface area contributed by atoms with Gasteiger partial charge in [0.15, 0.2) is 33.7 Å². The summed E-state index contributed by atoms with van der Waals surface area (Å²) < 4.78 is 46.4. The van der Waals surface area contributed by atoms with Gasteiger partial charge in [-0.05, 0) is 139 Å². The average Bonchev–Trinajstić information content (AvgIpc) is 1.55. The number of hydrogen-bond acceptors (Lipinski definition) is 18. The molecule has 0 saturated heterocycles. The first-order chi connectivity index (χ1) is 46.6. The van der Waals surface area contributed by atoms with E-state index in [1.165, 1.54) is 69.9 Å². The van der Waals surface area contributed by atoms with E-state index in [2.05, 4.69) is 203 Å². The number of ether oxygens (including phenoxy) is 4. The average molecular weight is 1600 g/mol. The molecule has 28 heteroatoms. The molecule has 6 aromatic heterocycles. The van der Waals surface area contributed by atoms with E-state index in [9.17, 15) is 0 Å². The van der Waals surface area contributed by atoms with Crippen molar-refractivity contribution in [1.82, 2.24) is 39.2 Å². The fraction of sp³-hybridized carbons (Fsp3) is 0.750. The van der Waals surface area contributed by atoms with Gasteiger partial charge >= 0.3 is 24.8 Å². The summed E-state index contributed by atoms with van der Waals surface area (Å²) in [5.74, 6) is 6.13. The Balaban J connectivity index is 0.000000245. The van der Waals surface area contributed by atoms with Gasteiger partial charge in [0.25, 0.3) is 0 Å². The standard InChI is InChI=1S/C36H62BrN5O3SSi3.C36H63N5O3SSi3.BHNS/c1-36(2,3)49(10,11)45-23-31-38-22-30(46-31)29-21-39-42-34(29)40-33(28-19-26-12-13-27(18-26)20-28)32(37)35(42)41(24-43-14-16-47(4,5)6)25-44-15-17-48(7,8)9;1-36(2,3)48(10,11)44-24-33-37-23-32(45-33)30-22-38-41-34(21-31(39-35(30)41)29-19-27-12-13-28(18-27)20-29)40(25-42-14-16-46(4,5)6)26-43-15-17-47(7,8)9;1-2-3/h21-22,26-28H,12-20,23-25H2,1-11H3;21-23,27-29H,12-20,24-26H2,1-11H3;3H/t26-,27+,28?;27-,28+,29?;. The summed E-state index contributed by atoms with van der Waals surface area (Å²) in [7, 11) is -4.31. The topological polar surface area (TPSA) is 160 Å². The number of thiazole rings is 2. The molecule has 1 radical (unpaired) electrons. The molecule has 0 amide bonds. The molecule has 4 fully saturated rings. The zero-order chi connectivity index (χ0) is 73.4. The molecule has 4 saturated carbocycles. The van der Waals surface area contributed by atoms with Crippen molar-refractivity contribution in [3.8, 4) is 20.9 Å². The van der Waals surface area contributed by atoms with Crippen molar-refractivity contribution in [2.24, 2.45) is 28.0 Å². The Labute approximate surface area is 631 Å². The van der Waals surface area contributed by atoms with Gasteiger partial charge in [0, 0.05) is 94.7 Å². The second kappa shape index (κ2) is 35.3. The van der Waals surface area contributed by atoms with E-state index in [0.717, 1.165) is 138 Å². The predicted octanol–water partition coefficient (Wildman–Crippen LogP) is 21.1. The monoisotopic (exact) mass is 1590 g/mol. The van der Waals surface area contributed by atoms with Crippen LogP contribution in [-0.2, 0) is 41.0 Å². The normalized spacial score (nSPS) is 20.0. The van der Waals surface area contributed by atoms with Crippen LogP contribution in [0.1, 0.15) is 139 Å². The van der Waals surface area contributed by atoms with Crippen molar-refractivity contribution in [3.05, 3.63) is 56.7 Å². The quantitative estimate of drug-likeness (QED) is 0.0184. The molecule has 6 aromatic rings. The van der Waals surface area contributed by atoms with Gasteiger partial charge < -0.3 is 37.6 Å². The molecule has 100 heavy (non-hydrogen) atoms. The molecule has 17 nitrogen and oxygen atoms in total. The molecule has 0 N–H and O–H groups in total. The van der Waals surface area contributed by atoms with Crippen molar-refractivity contribution in [1.29, 1.82) is 0 Å². The Hall–Kier alpha value is -2.14. The van der Waals surface area contributed by atoms with Crippen LogP contribution >= 0.6 is 51.4 Å². The molecule has 2 unspecified atom stereocenters. The van der Waals surface area contributed by atoms with E-state index in [1.807, 2.05) is 33.8 Å². The Kier molecular flexibility index (Phi) is 29.4. The fourth-order valence-electron chi connectivity index (χ4n) is 13.2. The Morgan fingerprint density at radius 3 is 1.27 bits per heavy atom. The van der Waals surface area contributed by atoms with E-state index in [1.54, 1.807) is 22.7 Å². The van der Waals surface area contributed by atoms with Gasteiger partial charge in [0.1, 0.15) is 42.8 Å². The number of halogens is 1. The van der Waals surface area contributed by atoms with Crippen molar-refractivity contribution in [2.75, 3.05) is 63.2 Å². The van der Waals surface area contributed by atoms with Crippen LogP contribution < -0.4 is 9.80 Å². The Morgan fingerprint density at radius 2 is 0.890 bits per heavy atom. The van der Waals surface area contributed by atoms with E-state index in [4.69, 9.17) is 57.9 Å². The minimum atomic E-state index is -1.89. The van der Waals surface area contributed by atoms with Crippen molar-refractivity contribution in [2.45, 2.75) is 270 Å². The number of fused-ring (bicyclic) bond motifs is 6. The maximum absolute atomic E-state index is 6.54. The summed E-state index contributed by atoms with van der Waals surface area (Å²) in [4.78, 5) is 27.1. The van der Waals surface area contributed by atoms with Crippen LogP contribution in [0.3, 0.4) is 0 Å². The Morgan fingerprint density at radius 1 is 0.530 bits per heavy atom. The summed E-state index contributed by atoms with van der Waals surface area (Å²) in [6, 6.07) is 6.82. The molecule has 6 atom stereocenters. The predicted molar refractivity (Wildman–Crippen MR) is 443 cm³/mol. The number of thiol groups is 1. The van der Waals surface area contributed by atoms with Crippen LogP contribution in [0.4, 0.5) is 11.6 Å². The summed E-state index contributed by atoms with van der Waals surface area (Å²) in [5.41, 5.74) is 6.17. The molecule has 10 rings (SSSR count). The van der Waals surface area contributed by atoms with Crippen LogP contribution in [0.2, 0.25) is 139 Å². The van der Waals surface area contributed by atoms with Gasteiger partial charge in [0.2, 0.25) is 0 Å². The van der Waals surface area contributed by atoms with Gasteiger partial charge in [0.05, 0.1) is 56.7 Å². The second-order valence-electron chi connectivity index (χ2n) is 37.1. The second-order valence-corrected chi connectivity index (χ2v) is 72.5. The number of hydrogen-bond donors (Lipinski definition) is 1. The van der Waals surface area contributed by atoms with Gasteiger partial charge in [-0.1, -0.05) is 146 Å². The molecule has 557 valence electrons. The molecule has 0 spiro atoms. The first-order valence-electron chi connectivity index (χ1n) is 37.1. The Bertz CT molecular complexity index is 3530. The van der Waals surface area contributed by atoms with Gasteiger partial charge in [-0.15, -0.1) is 22.7 Å². The molecule has 4 aliphatic carbocycles. The molecular formula is C72H126BBrN11O6S3Si6. The van der Waals surface area contributed by atoms with Gasteiger partial charge in [-0.3, -0.25) is 0 Å². The first kappa shape index (κ1) is 83.5. The molecule has 0 aliphatic heterocycles. The molecular weight excluding hydrogens is 1470 g/mol. The van der Waals surface area contributed by atoms with Crippen LogP contribution in [-0.4, -0.2) is 149 Å². The van der Waals surface area contributed by atoms with Crippen molar-refractivity contribution >= 4 is 131 Å². The van der Waals surface area contributed by atoms with Crippen molar-refractivity contribution < 1.29 is 27.8 Å². The third-order valence-electron chi connectivity index (χ3n) is 21.6. The van der Waals surface area contributed by atoms with E-state index in [0.29, 0.717) is 52.0 Å². The van der Waals surface area contributed by atoms with Gasteiger partial charge in [-0.25, -0.2) is 19.9 Å². The van der Waals surface area contributed by atoms with E-state index >= 15 is 0 Å².